The number of aromatic carboxylic acids is 1. The third kappa shape index (κ3) is 3.50. The number of halogens is 1. The zero-order valence-electron chi connectivity index (χ0n) is 15.3. The lowest BCUT2D eigenvalue weighted by molar-refractivity contribution is 0.0339. The number of hydrogen-bond acceptors (Lipinski definition) is 5. The normalized spacial score (nSPS) is 12.1. The Bertz CT molecular complexity index is 1270. The molecule has 1 heterocycles. The van der Waals surface area contributed by atoms with Gasteiger partial charge in [-0.3, -0.25) is 0 Å². The van der Waals surface area contributed by atoms with E-state index in [-0.39, 0.29) is 16.6 Å². The molecule has 0 aliphatic heterocycles. The summed E-state index contributed by atoms with van der Waals surface area (Å²) in [4.78, 5) is 32.8. The highest BCUT2D eigenvalue weighted by molar-refractivity contribution is 6.02. The van der Waals surface area contributed by atoms with Gasteiger partial charge in [0.1, 0.15) is 17.4 Å². The first-order chi connectivity index (χ1) is 13.9. The molecule has 1 atom stereocenters. The van der Waals surface area contributed by atoms with Gasteiger partial charge in [0.2, 0.25) is 0 Å². The number of esters is 1. The molecule has 0 saturated carbocycles. The van der Waals surface area contributed by atoms with Crippen LogP contribution in [0, 0.1) is 5.82 Å². The molecule has 0 saturated heterocycles. The molecule has 7 heteroatoms. The second-order valence-electron chi connectivity index (χ2n) is 6.47. The largest absolute Gasteiger partial charge is 0.478 e. The van der Waals surface area contributed by atoms with Gasteiger partial charge in [0.25, 0.3) is 0 Å². The minimum atomic E-state index is -1.09. The molecule has 1 N–H and O–H groups in total. The van der Waals surface area contributed by atoms with E-state index >= 15 is 0 Å². The molecule has 4 aromatic rings. The van der Waals surface area contributed by atoms with Crippen molar-refractivity contribution in [3.8, 4) is 0 Å². The molecule has 0 spiro atoms. The van der Waals surface area contributed by atoms with Crippen LogP contribution in [-0.2, 0) is 4.74 Å². The maximum Gasteiger partial charge on any atom is 0.338 e. The van der Waals surface area contributed by atoms with Crippen LogP contribution >= 0.6 is 0 Å². The number of rotatable bonds is 4. The van der Waals surface area contributed by atoms with Crippen molar-refractivity contribution < 1.29 is 23.8 Å². The van der Waals surface area contributed by atoms with E-state index in [1.165, 1.54) is 24.3 Å². The summed E-state index contributed by atoms with van der Waals surface area (Å²) in [5.74, 6) is -2.27. The highest BCUT2D eigenvalue weighted by Gasteiger charge is 2.19. The molecule has 4 rings (SSSR count). The number of aromatic nitrogens is 2. The minimum Gasteiger partial charge on any atom is -0.478 e. The second kappa shape index (κ2) is 7.27. The number of benzene rings is 3. The van der Waals surface area contributed by atoms with Crippen molar-refractivity contribution in [2.24, 2.45) is 0 Å². The fraction of sp³-hybridized carbons (Fsp3) is 0.0909. The van der Waals surface area contributed by atoms with Gasteiger partial charge in [0.15, 0.2) is 0 Å². The number of carboxylic acids is 1. The Kier molecular flexibility index (Phi) is 4.64. The highest BCUT2D eigenvalue weighted by Crippen LogP contribution is 2.27. The molecule has 0 aliphatic rings. The van der Waals surface area contributed by atoms with Crippen molar-refractivity contribution >= 4 is 34.0 Å². The Labute approximate surface area is 164 Å². The Morgan fingerprint density at radius 2 is 1.62 bits per heavy atom. The maximum absolute atomic E-state index is 13.4. The molecule has 144 valence electrons. The van der Waals surface area contributed by atoms with E-state index in [4.69, 9.17) is 4.74 Å². The van der Waals surface area contributed by atoms with Gasteiger partial charge in [-0.05, 0) is 43.3 Å². The minimum absolute atomic E-state index is 0.0629. The Morgan fingerprint density at radius 1 is 0.966 bits per heavy atom. The molecule has 3 aromatic carbocycles. The van der Waals surface area contributed by atoms with Gasteiger partial charge < -0.3 is 9.84 Å². The Hall–Kier alpha value is -3.87. The summed E-state index contributed by atoms with van der Waals surface area (Å²) >= 11 is 0. The quantitative estimate of drug-likeness (QED) is 0.407. The van der Waals surface area contributed by atoms with E-state index < -0.39 is 23.9 Å². The fourth-order valence-electron chi connectivity index (χ4n) is 3.15. The molecule has 0 amide bonds. The maximum atomic E-state index is 13.4. The Morgan fingerprint density at radius 3 is 2.34 bits per heavy atom. The van der Waals surface area contributed by atoms with Crippen LogP contribution in [0.3, 0.4) is 0 Å². The summed E-state index contributed by atoms with van der Waals surface area (Å²) in [5.41, 5.74) is 2.48. The van der Waals surface area contributed by atoms with Gasteiger partial charge in [-0.15, -0.1) is 0 Å². The molecule has 29 heavy (non-hydrogen) atoms. The van der Waals surface area contributed by atoms with E-state index in [1.54, 1.807) is 37.3 Å². The molecule has 1 aromatic heterocycles. The molecule has 6 nitrogen and oxygen atoms in total. The lowest BCUT2D eigenvalue weighted by Gasteiger charge is -2.16. The zero-order chi connectivity index (χ0) is 20.5. The van der Waals surface area contributed by atoms with Crippen LogP contribution in [0.2, 0.25) is 0 Å². The van der Waals surface area contributed by atoms with E-state index in [2.05, 4.69) is 9.97 Å². The molecular formula is C22H15FN2O4. The number of carbonyl (C=O) groups excluding carboxylic acids is 1. The van der Waals surface area contributed by atoms with Crippen molar-refractivity contribution in [2.45, 2.75) is 13.0 Å². The zero-order valence-corrected chi connectivity index (χ0v) is 15.3. The molecule has 0 aliphatic carbocycles. The van der Waals surface area contributed by atoms with Gasteiger partial charge in [-0.25, -0.2) is 23.9 Å². The average molecular weight is 390 g/mol. The lowest BCUT2D eigenvalue weighted by Crippen LogP contribution is -2.10. The second-order valence-corrected chi connectivity index (χ2v) is 6.47. The SMILES string of the molecule is CC(OC(=O)c1cccc(F)c1)c1cccc2nc3c(C(=O)O)cccc3nc12. The lowest BCUT2D eigenvalue weighted by atomic mass is 10.1. The van der Waals surface area contributed by atoms with E-state index in [9.17, 15) is 19.1 Å². The summed E-state index contributed by atoms with van der Waals surface area (Å²) < 4.78 is 18.9. The predicted octanol–water partition coefficient (Wildman–Crippen LogP) is 4.54. The predicted molar refractivity (Wildman–Crippen MR) is 104 cm³/mol. The van der Waals surface area contributed by atoms with Crippen molar-refractivity contribution in [3.05, 3.63) is 83.2 Å². The Balaban J connectivity index is 1.75. The van der Waals surface area contributed by atoms with Crippen molar-refractivity contribution in [1.82, 2.24) is 9.97 Å². The number of carboxylic acid groups (broad SMARTS) is 1. The van der Waals surface area contributed by atoms with Gasteiger partial charge >= 0.3 is 11.9 Å². The first-order valence-corrected chi connectivity index (χ1v) is 8.83. The van der Waals surface area contributed by atoms with Gasteiger partial charge in [-0.1, -0.05) is 24.3 Å². The number of fused-ring (bicyclic) bond motifs is 2. The van der Waals surface area contributed by atoms with Crippen molar-refractivity contribution in [2.75, 3.05) is 0 Å². The monoisotopic (exact) mass is 390 g/mol. The number of ether oxygens (including phenoxy) is 1. The highest BCUT2D eigenvalue weighted by atomic mass is 19.1. The smallest absolute Gasteiger partial charge is 0.338 e. The summed E-state index contributed by atoms with van der Waals surface area (Å²) in [5, 5.41) is 9.37. The molecule has 0 radical (unpaired) electrons. The topological polar surface area (TPSA) is 89.4 Å². The van der Waals surface area contributed by atoms with E-state index in [0.717, 1.165) is 6.07 Å². The fourth-order valence-corrected chi connectivity index (χ4v) is 3.15. The van der Waals surface area contributed by atoms with Crippen LogP contribution in [0.5, 0.6) is 0 Å². The van der Waals surface area contributed by atoms with Gasteiger partial charge in [0.05, 0.1) is 27.7 Å². The first kappa shape index (κ1) is 18.5. The molecule has 0 bridgehead atoms. The van der Waals surface area contributed by atoms with Gasteiger partial charge in [-0.2, -0.15) is 0 Å². The van der Waals surface area contributed by atoms with Crippen molar-refractivity contribution in [1.29, 1.82) is 0 Å². The first-order valence-electron chi connectivity index (χ1n) is 8.83. The summed E-state index contributed by atoms with van der Waals surface area (Å²) in [6, 6.07) is 15.2. The number of para-hydroxylation sites is 2. The number of nitrogens with zero attached hydrogens (tertiary/aromatic N) is 2. The third-order valence-electron chi connectivity index (χ3n) is 4.54. The van der Waals surface area contributed by atoms with Crippen LogP contribution in [0.25, 0.3) is 22.1 Å². The van der Waals surface area contributed by atoms with E-state index in [1.807, 2.05) is 0 Å². The third-order valence-corrected chi connectivity index (χ3v) is 4.54. The average Bonchev–Trinajstić information content (AvgIpc) is 2.71. The summed E-state index contributed by atoms with van der Waals surface area (Å²) in [6.45, 7) is 1.69. The molecular weight excluding hydrogens is 375 g/mol. The van der Waals surface area contributed by atoms with Crippen LogP contribution < -0.4 is 0 Å². The number of hydrogen-bond donors (Lipinski definition) is 1. The standard InChI is InChI=1S/C22H15FN2O4/c1-12(29-22(28)13-5-2-6-14(23)11-13)15-7-3-9-17-19(15)24-18-10-4-8-16(21(26)27)20(18)25-17/h2-12H,1H3,(H,26,27). The van der Waals surface area contributed by atoms with Crippen LogP contribution in [0.1, 0.15) is 39.3 Å². The summed E-state index contributed by atoms with van der Waals surface area (Å²) in [7, 11) is 0. The van der Waals surface area contributed by atoms with Crippen LogP contribution in [0.4, 0.5) is 4.39 Å². The van der Waals surface area contributed by atoms with Crippen LogP contribution in [0.15, 0.2) is 60.7 Å². The van der Waals surface area contributed by atoms with Crippen LogP contribution in [-0.4, -0.2) is 27.0 Å². The summed E-state index contributed by atoms with van der Waals surface area (Å²) in [6.07, 6.45) is -0.677. The van der Waals surface area contributed by atoms with Crippen molar-refractivity contribution in [3.63, 3.8) is 0 Å². The number of carbonyl (C=O) groups is 2. The van der Waals surface area contributed by atoms with E-state index in [0.29, 0.717) is 22.1 Å². The molecule has 0 fully saturated rings. The van der Waals surface area contributed by atoms with Gasteiger partial charge in [0, 0.05) is 5.56 Å². The molecule has 1 unspecified atom stereocenters.